The fraction of sp³-hybridized carbons (Fsp3) is 0.632. The largest absolute Gasteiger partial charge is 0.381 e. The monoisotopic (exact) mass is 511 g/mol. The molecule has 0 atom stereocenters. The van der Waals surface area contributed by atoms with E-state index in [1.165, 1.54) is 6.26 Å². The minimum absolute atomic E-state index is 0. The van der Waals surface area contributed by atoms with Crippen LogP contribution in [0.1, 0.15) is 38.3 Å². The van der Waals surface area contributed by atoms with Crippen LogP contribution in [0, 0.1) is 12.8 Å². The number of aryl methyl sites for hydroxylation is 1. The van der Waals surface area contributed by atoms with Crippen molar-refractivity contribution < 1.29 is 13.2 Å². The SMILES string of the molecule is CCNC(=NCc1ccc(S(C)(=O)=O)c(C)c1)NCCCOCC(C)C.I. The lowest BCUT2D eigenvalue weighted by molar-refractivity contribution is 0.108. The van der Waals surface area contributed by atoms with E-state index in [4.69, 9.17) is 4.74 Å². The van der Waals surface area contributed by atoms with Crippen LogP contribution in [0.4, 0.5) is 0 Å². The fourth-order valence-corrected chi connectivity index (χ4v) is 3.40. The summed E-state index contributed by atoms with van der Waals surface area (Å²) in [5, 5.41) is 6.51. The maximum atomic E-state index is 11.7. The number of hydrogen-bond acceptors (Lipinski definition) is 4. The second-order valence-electron chi connectivity index (χ2n) is 6.82. The first-order chi connectivity index (χ1) is 12.2. The van der Waals surface area contributed by atoms with Crippen LogP contribution in [-0.4, -0.2) is 46.9 Å². The molecule has 0 aromatic heterocycles. The molecule has 6 nitrogen and oxygen atoms in total. The Kier molecular flexibility index (Phi) is 12.9. The Balaban J connectivity index is 0.00000676. The lowest BCUT2D eigenvalue weighted by atomic mass is 10.1. The van der Waals surface area contributed by atoms with Gasteiger partial charge in [-0.3, -0.25) is 0 Å². The van der Waals surface area contributed by atoms with Gasteiger partial charge < -0.3 is 15.4 Å². The number of hydrogen-bond donors (Lipinski definition) is 2. The molecule has 2 N–H and O–H groups in total. The van der Waals surface area contributed by atoms with Crippen molar-refractivity contribution in [2.45, 2.75) is 45.6 Å². The van der Waals surface area contributed by atoms with E-state index in [0.29, 0.717) is 17.4 Å². The second kappa shape index (κ2) is 13.3. The van der Waals surface area contributed by atoms with E-state index in [1.54, 1.807) is 6.07 Å². The van der Waals surface area contributed by atoms with E-state index in [9.17, 15) is 8.42 Å². The van der Waals surface area contributed by atoms with Gasteiger partial charge in [0.2, 0.25) is 0 Å². The highest BCUT2D eigenvalue weighted by Crippen LogP contribution is 2.17. The first-order valence-corrected chi connectivity index (χ1v) is 11.0. The van der Waals surface area contributed by atoms with Gasteiger partial charge in [0.15, 0.2) is 15.8 Å². The van der Waals surface area contributed by atoms with Crippen LogP contribution in [-0.2, 0) is 21.1 Å². The minimum Gasteiger partial charge on any atom is -0.381 e. The van der Waals surface area contributed by atoms with Crippen LogP contribution in [0.15, 0.2) is 28.1 Å². The van der Waals surface area contributed by atoms with Gasteiger partial charge in [-0.25, -0.2) is 13.4 Å². The van der Waals surface area contributed by atoms with E-state index >= 15 is 0 Å². The number of benzene rings is 1. The summed E-state index contributed by atoms with van der Waals surface area (Å²) in [6.45, 7) is 11.7. The summed E-state index contributed by atoms with van der Waals surface area (Å²) in [6.07, 6.45) is 2.14. The molecule has 0 amide bonds. The van der Waals surface area contributed by atoms with Crippen molar-refractivity contribution in [3.8, 4) is 0 Å². The number of halogens is 1. The number of aliphatic imine (C=N–C) groups is 1. The minimum atomic E-state index is -3.19. The molecule has 0 aliphatic carbocycles. The van der Waals surface area contributed by atoms with Crippen LogP contribution in [0.5, 0.6) is 0 Å². The Morgan fingerprint density at radius 1 is 1.26 bits per heavy atom. The molecule has 0 radical (unpaired) electrons. The molecule has 156 valence electrons. The van der Waals surface area contributed by atoms with Gasteiger partial charge in [0, 0.05) is 32.6 Å². The van der Waals surface area contributed by atoms with Gasteiger partial charge in [-0.15, -0.1) is 24.0 Å². The summed E-state index contributed by atoms with van der Waals surface area (Å²) in [7, 11) is -3.19. The van der Waals surface area contributed by atoms with Crippen molar-refractivity contribution in [2.75, 3.05) is 32.6 Å². The summed E-state index contributed by atoms with van der Waals surface area (Å²) >= 11 is 0. The smallest absolute Gasteiger partial charge is 0.191 e. The number of nitrogens with one attached hydrogen (secondary N) is 2. The summed E-state index contributed by atoms with van der Waals surface area (Å²) in [5.74, 6) is 1.31. The molecule has 8 heteroatoms. The van der Waals surface area contributed by atoms with E-state index < -0.39 is 9.84 Å². The topological polar surface area (TPSA) is 79.8 Å². The number of sulfone groups is 1. The van der Waals surface area contributed by atoms with Crippen LogP contribution in [0.2, 0.25) is 0 Å². The third kappa shape index (κ3) is 10.9. The van der Waals surface area contributed by atoms with E-state index in [2.05, 4.69) is 29.5 Å². The summed E-state index contributed by atoms with van der Waals surface area (Å²) in [5.41, 5.74) is 1.73. The van der Waals surface area contributed by atoms with E-state index in [-0.39, 0.29) is 24.0 Å². The average molecular weight is 511 g/mol. The van der Waals surface area contributed by atoms with Crippen molar-refractivity contribution in [3.05, 3.63) is 29.3 Å². The van der Waals surface area contributed by atoms with Gasteiger partial charge >= 0.3 is 0 Å². The maximum Gasteiger partial charge on any atom is 0.191 e. The van der Waals surface area contributed by atoms with Crippen molar-refractivity contribution in [2.24, 2.45) is 10.9 Å². The van der Waals surface area contributed by atoms with Crippen molar-refractivity contribution in [1.29, 1.82) is 0 Å². The molecule has 0 aliphatic rings. The predicted molar refractivity (Wildman–Crippen MR) is 123 cm³/mol. The Morgan fingerprint density at radius 3 is 2.52 bits per heavy atom. The Labute approximate surface area is 181 Å². The molecule has 1 aromatic rings. The lowest BCUT2D eigenvalue weighted by Gasteiger charge is -2.12. The molecule has 0 saturated heterocycles. The molecular formula is C19H34IN3O3S. The molecule has 0 bridgehead atoms. The van der Waals surface area contributed by atoms with Gasteiger partial charge in [-0.05, 0) is 43.4 Å². The van der Waals surface area contributed by atoms with Gasteiger partial charge in [-0.2, -0.15) is 0 Å². The van der Waals surface area contributed by atoms with Crippen LogP contribution < -0.4 is 10.6 Å². The molecule has 0 unspecified atom stereocenters. The highest BCUT2D eigenvalue weighted by atomic mass is 127. The van der Waals surface area contributed by atoms with Gasteiger partial charge in [0.25, 0.3) is 0 Å². The van der Waals surface area contributed by atoms with E-state index in [1.807, 2.05) is 26.0 Å². The van der Waals surface area contributed by atoms with Gasteiger partial charge in [-0.1, -0.05) is 26.0 Å². The predicted octanol–water partition coefficient (Wildman–Crippen LogP) is 3.13. The number of nitrogens with zero attached hydrogens (tertiary/aromatic N) is 1. The molecule has 1 rings (SSSR count). The van der Waals surface area contributed by atoms with Crippen LogP contribution >= 0.6 is 24.0 Å². The summed E-state index contributed by atoms with van der Waals surface area (Å²) < 4.78 is 28.9. The zero-order valence-electron chi connectivity index (χ0n) is 17.0. The number of rotatable bonds is 10. The third-order valence-electron chi connectivity index (χ3n) is 3.61. The Morgan fingerprint density at radius 2 is 1.96 bits per heavy atom. The summed E-state index contributed by atoms with van der Waals surface area (Å²) in [6, 6.07) is 5.35. The molecular weight excluding hydrogens is 477 g/mol. The molecule has 27 heavy (non-hydrogen) atoms. The highest BCUT2D eigenvalue weighted by Gasteiger charge is 2.10. The molecule has 0 saturated carbocycles. The molecule has 0 heterocycles. The van der Waals surface area contributed by atoms with E-state index in [0.717, 1.165) is 49.8 Å². The normalized spacial score (nSPS) is 12.0. The lowest BCUT2D eigenvalue weighted by Crippen LogP contribution is -2.38. The second-order valence-corrected chi connectivity index (χ2v) is 8.80. The Bertz CT molecular complexity index is 691. The van der Waals surface area contributed by atoms with Crippen LogP contribution in [0.25, 0.3) is 0 Å². The average Bonchev–Trinajstić information content (AvgIpc) is 2.54. The standard InChI is InChI=1S/C19H33N3O3S.HI/c1-6-20-19(21-10-7-11-25-14-15(2)3)22-13-17-8-9-18(16(4)12-17)26(5,23)24;/h8-9,12,15H,6-7,10-11,13-14H2,1-5H3,(H2,20,21,22);1H. The van der Waals surface area contributed by atoms with Gasteiger partial charge in [0.05, 0.1) is 11.4 Å². The molecule has 0 spiro atoms. The van der Waals surface area contributed by atoms with Gasteiger partial charge in [0.1, 0.15) is 0 Å². The third-order valence-corrected chi connectivity index (χ3v) is 4.87. The number of guanidine groups is 1. The zero-order chi connectivity index (χ0) is 19.6. The fourth-order valence-electron chi connectivity index (χ4n) is 2.44. The maximum absolute atomic E-state index is 11.7. The first kappa shape index (κ1) is 26.1. The summed E-state index contributed by atoms with van der Waals surface area (Å²) in [4.78, 5) is 4.94. The number of ether oxygens (including phenoxy) is 1. The molecule has 0 aliphatic heterocycles. The molecule has 1 aromatic carbocycles. The quantitative estimate of drug-likeness (QED) is 0.219. The van der Waals surface area contributed by atoms with Crippen molar-refractivity contribution in [1.82, 2.24) is 10.6 Å². The first-order valence-electron chi connectivity index (χ1n) is 9.13. The highest BCUT2D eigenvalue weighted by molar-refractivity contribution is 14.0. The van der Waals surface area contributed by atoms with Crippen molar-refractivity contribution in [3.63, 3.8) is 0 Å². The molecule has 0 fully saturated rings. The Hall–Kier alpha value is -0.870. The van der Waals surface area contributed by atoms with Crippen LogP contribution in [0.3, 0.4) is 0 Å². The zero-order valence-corrected chi connectivity index (χ0v) is 20.2. The van der Waals surface area contributed by atoms with Crippen molar-refractivity contribution >= 4 is 39.8 Å².